The molecule has 0 N–H and O–H groups in total. The minimum atomic E-state index is -0.275. The molecule has 6 atom stereocenters. The van der Waals surface area contributed by atoms with Crippen LogP contribution in [0, 0.1) is 29.1 Å². The normalized spacial score (nSPS) is 53.9. The molecule has 2 heteroatoms. The lowest BCUT2D eigenvalue weighted by molar-refractivity contribution is -0.316. The molecule has 2 saturated heterocycles. The summed E-state index contributed by atoms with van der Waals surface area (Å²) in [6.45, 7) is 8.01. The van der Waals surface area contributed by atoms with Crippen molar-refractivity contribution >= 4 is 0 Å². The second kappa shape index (κ2) is 4.46. The molecule has 2 nitrogen and oxygen atoms in total. The minimum Gasteiger partial charge on any atom is -0.349 e. The fourth-order valence-electron chi connectivity index (χ4n) is 5.69. The summed E-state index contributed by atoms with van der Waals surface area (Å²) in [5.74, 6) is 3.09. The van der Waals surface area contributed by atoms with Gasteiger partial charge in [-0.15, -0.1) is 0 Å². The highest BCUT2D eigenvalue weighted by Crippen LogP contribution is 2.61. The fourth-order valence-corrected chi connectivity index (χ4v) is 5.69. The topological polar surface area (TPSA) is 18.5 Å². The summed E-state index contributed by atoms with van der Waals surface area (Å²) in [7, 11) is 0. The molecule has 4 aliphatic rings. The lowest BCUT2D eigenvalue weighted by Gasteiger charge is -2.51. The predicted octanol–water partition coefficient (Wildman–Crippen LogP) is 4.38. The summed E-state index contributed by atoms with van der Waals surface area (Å²) in [5.41, 5.74) is 0.153. The molecule has 2 aliphatic carbocycles. The van der Waals surface area contributed by atoms with Crippen molar-refractivity contribution in [2.75, 3.05) is 6.61 Å². The first-order valence-corrected chi connectivity index (χ1v) is 8.85. The van der Waals surface area contributed by atoms with Crippen LogP contribution in [0.15, 0.2) is 0 Å². The van der Waals surface area contributed by atoms with Gasteiger partial charge in [0.15, 0.2) is 5.79 Å². The summed E-state index contributed by atoms with van der Waals surface area (Å²) in [6, 6.07) is 0. The number of fused-ring (bicyclic) bond motifs is 3. The second-order valence-electron chi connectivity index (χ2n) is 8.48. The SMILES string of the molecule is CC1CCOC2(CC3C(CC4CCCCC43)O2)C1(C)C. The van der Waals surface area contributed by atoms with E-state index in [9.17, 15) is 0 Å². The van der Waals surface area contributed by atoms with Gasteiger partial charge in [0.05, 0.1) is 12.7 Å². The van der Waals surface area contributed by atoms with E-state index in [0.29, 0.717) is 12.0 Å². The van der Waals surface area contributed by atoms with E-state index in [1.165, 1.54) is 38.5 Å². The average Bonchev–Trinajstić information content (AvgIpc) is 2.92. The van der Waals surface area contributed by atoms with Crippen LogP contribution in [0.5, 0.6) is 0 Å². The number of rotatable bonds is 0. The molecule has 0 amide bonds. The van der Waals surface area contributed by atoms with Crippen LogP contribution < -0.4 is 0 Å². The van der Waals surface area contributed by atoms with Crippen molar-refractivity contribution in [2.24, 2.45) is 29.1 Å². The highest BCUT2D eigenvalue weighted by molar-refractivity contribution is 5.06. The van der Waals surface area contributed by atoms with Crippen LogP contribution >= 0.6 is 0 Å². The Morgan fingerprint density at radius 3 is 2.65 bits per heavy atom. The third-order valence-electron chi connectivity index (χ3n) is 7.48. The van der Waals surface area contributed by atoms with Gasteiger partial charge in [-0.1, -0.05) is 40.0 Å². The van der Waals surface area contributed by atoms with Crippen LogP contribution in [0.1, 0.15) is 65.7 Å². The van der Waals surface area contributed by atoms with E-state index in [0.717, 1.165) is 30.8 Å². The molecule has 2 saturated carbocycles. The predicted molar refractivity (Wildman–Crippen MR) is 79.3 cm³/mol. The molecular formula is C18H30O2. The van der Waals surface area contributed by atoms with E-state index in [1.807, 2.05) is 0 Å². The zero-order valence-electron chi connectivity index (χ0n) is 13.4. The molecule has 0 aromatic heterocycles. The highest BCUT2D eigenvalue weighted by atomic mass is 16.7. The lowest BCUT2D eigenvalue weighted by Crippen LogP contribution is -2.54. The van der Waals surface area contributed by atoms with E-state index in [2.05, 4.69) is 20.8 Å². The number of hydrogen-bond donors (Lipinski definition) is 0. The molecule has 20 heavy (non-hydrogen) atoms. The summed E-state index contributed by atoms with van der Waals surface area (Å²) in [6.07, 6.45) is 9.94. The Morgan fingerprint density at radius 1 is 1.00 bits per heavy atom. The first-order valence-electron chi connectivity index (χ1n) is 8.85. The molecule has 4 fully saturated rings. The molecule has 0 aromatic carbocycles. The third-order valence-corrected chi connectivity index (χ3v) is 7.48. The van der Waals surface area contributed by atoms with Crippen molar-refractivity contribution in [3.63, 3.8) is 0 Å². The second-order valence-corrected chi connectivity index (χ2v) is 8.48. The van der Waals surface area contributed by atoms with Gasteiger partial charge in [-0.2, -0.15) is 0 Å². The summed E-state index contributed by atoms with van der Waals surface area (Å²) >= 11 is 0. The zero-order valence-corrected chi connectivity index (χ0v) is 13.4. The van der Waals surface area contributed by atoms with Crippen LogP contribution in [0.2, 0.25) is 0 Å². The van der Waals surface area contributed by atoms with Crippen LogP contribution in [-0.2, 0) is 9.47 Å². The van der Waals surface area contributed by atoms with Crippen molar-refractivity contribution in [1.82, 2.24) is 0 Å². The number of hydrogen-bond acceptors (Lipinski definition) is 2. The Hall–Kier alpha value is -0.0800. The molecular weight excluding hydrogens is 248 g/mol. The van der Waals surface area contributed by atoms with Gasteiger partial charge in [-0.05, 0) is 42.9 Å². The Morgan fingerprint density at radius 2 is 1.80 bits per heavy atom. The Balaban J connectivity index is 1.59. The van der Waals surface area contributed by atoms with Crippen LogP contribution in [0.25, 0.3) is 0 Å². The van der Waals surface area contributed by atoms with Gasteiger partial charge in [0.1, 0.15) is 0 Å². The van der Waals surface area contributed by atoms with Crippen molar-refractivity contribution < 1.29 is 9.47 Å². The number of ether oxygens (including phenoxy) is 2. The van der Waals surface area contributed by atoms with E-state index in [-0.39, 0.29) is 11.2 Å². The summed E-state index contributed by atoms with van der Waals surface area (Å²) in [4.78, 5) is 0. The smallest absolute Gasteiger partial charge is 0.174 e. The largest absolute Gasteiger partial charge is 0.349 e. The van der Waals surface area contributed by atoms with Gasteiger partial charge in [-0.25, -0.2) is 0 Å². The van der Waals surface area contributed by atoms with E-state index in [4.69, 9.17) is 9.47 Å². The zero-order chi connectivity index (χ0) is 14.0. The molecule has 6 unspecified atom stereocenters. The van der Waals surface area contributed by atoms with E-state index in [1.54, 1.807) is 0 Å². The molecule has 0 aromatic rings. The quantitative estimate of drug-likeness (QED) is 0.654. The maximum absolute atomic E-state index is 6.67. The molecule has 1 spiro atoms. The van der Waals surface area contributed by atoms with Gasteiger partial charge in [-0.3, -0.25) is 0 Å². The van der Waals surface area contributed by atoms with Crippen LogP contribution in [0.3, 0.4) is 0 Å². The van der Waals surface area contributed by atoms with Gasteiger partial charge in [0, 0.05) is 11.8 Å². The summed E-state index contributed by atoms with van der Waals surface area (Å²) in [5, 5.41) is 0. The fraction of sp³-hybridized carbons (Fsp3) is 1.00. The van der Waals surface area contributed by atoms with Crippen LogP contribution in [0.4, 0.5) is 0 Å². The maximum atomic E-state index is 6.67. The van der Waals surface area contributed by atoms with E-state index < -0.39 is 0 Å². The lowest BCUT2D eigenvalue weighted by atomic mass is 9.67. The molecule has 2 aliphatic heterocycles. The molecule has 0 bridgehead atoms. The maximum Gasteiger partial charge on any atom is 0.174 e. The van der Waals surface area contributed by atoms with Crippen molar-refractivity contribution in [3.8, 4) is 0 Å². The molecule has 2 heterocycles. The van der Waals surface area contributed by atoms with Gasteiger partial charge in [0.25, 0.3) is 0 Å². The van der Waals surface area contributed by atoms with Gasteiger partial charge >= 0.3 is 0 Å². The first kappa shape index (κ1) is 13.6. The van der Waals surface area contributed by atoms with Crippen LogP contribution in [-0.4, -0.2) is 18.5 Å². The standard InChI is InChI=1S/C18H30O2/c1-12-8-9-19-18(17(12,2)3)11-15-14-7-5-4-6-13(14)10-16(15)20-18/h12-16H,4-11H2,1-3H3. The molecule has 4 rings (SSSR count). The first-order chi connectivity index (χ1) is 9.53. The Labute approximate surface area is 123 Å². The van der Waals surface area contributed by atoms with Crippen molar-refractivity contribution in [3.05, 3.63) is 0 Å². The Kier molecular flexibility index (Phi) is 3.03. The van der Waals surface area contributed by atoms with Crippen molar-refractivity contribution in [2.45, 2.75) is 77.6 Å². The molecule has 0 radical (unpaired) electrons. The van der Waals surface area contributed by atoms with Gasteiger partial charge in [0.2, 0.25) is 0 Å². The third kappa shape index (κ3) is 1.70. The monoisotopic (exact) mass is 278 g/mol. The summed E-state index contributed by atoms with van der Waals surface area (Å²) < 4.78 is 13.0. The average molecular weight is 278 g/mol. The van der Waals surface area contributed by atoms with E-state index >= 15 is 0 Å². The van der Waals surface area contributed by atoms with Gasteiger partial charge < -0.3 is 9.47 Å². The van der Waals surface area contributed by atoms with Crippen molar-refractivity contribution in [1.29, 1.82) is 0 Å². The highest BCUT2D eigenvalue weighted by Gasteiger charge is 2.63. The molecule has 114 valence electrons. The minimum absolute atomic E-state index is 0.153. The Bertz CT molecular complexity index is 391.